The van der Waals surface area contributed by atoms with Gasteiger partial charge in [-0.05, 0) is 24.6 Å². The maximum Gasteiger partial charge on any atom is 0.416 e. The van der Waals surface area contributed by atoms with Crippen molar-refractivity contribution in [2.75, 3.05) is 6.54 Å². The Labute approximate surface area is 103 Å². The van der Waals surface area contributed by atoms with Crippen molar-refractivity contribution in [2.24, 2.45) is 5.73 Å². The molecular formula is C12H15F3N2O. The number of hydrogen-bond donors (Lipinski definition) is 2. The summed E-state index contributed by atoms with van der Waals surface area (Å²) in [7, 11) is 0. The molecule has 3 N–H and O–H groups in total. The maximum absolute atomic E-state index is 12.4. The van der Waals surface area contributed by atoms with E-state index >= 15 is 0 Å². The lowest BCUT2D eigenvalue weighted by atomic mass is 10.1. The predicted octanol–water partition coefficient (Wildman–Crippen LogP) is 2.06. The molecule has 0 saturated heterocycles. The van der Waals surface area contributed by atoms with Crippen LogP contribution in [-0.4, -0.2) is 12.5 Å². The van der Waals surface area contributed by atoms with Gasteiger partial charge in [0.2, 0.25) is 5.91 Å². The van der Waals surface area contributed by atoms with Gasteiger partial charge in [0.1, 0.15) is 0 Å². The van der Waals surface area contributed by atoms with Crippen LogP contribution < -0.4 is 11.1 Å². The Morgan fingerprint density at radius 2 is 2.06 bits per heavy atom. The molecule has 0 unspecified atom stereocenters. The molecule has 1 amide bonds. The Hall–Kier alpha value is -1.56. The largest absolute Gasteiger partial charge is 0.416 e. The third-order valence-electron chi connectivity index (χ3n) is 2.36. The maximum atomic E-state index is 12.4. The predicted molar refractivity (Wildman–Crippen MR) is 61.6 cm³/mol. The van der Waals surface area contributed by atoms with E-state index in [0.717, 1.165) is 12.1 Å². The van der Waals surface area contributed by atoms with Crippen LogP contribution in [0.2, 0.25) is 0 Å². The summed E-state index contributed by atoms with van der Waals surface area (Å²) in [5, 5.41) is 2.96. The molecule has 0 aromatic heterocycles. The highest BCUT2D eigenvalue weighted by Crippen LogP contribution is 2.29. The van der Waals surface area contributed by atoms with Crippen LogP contribution in [0.4, 0.5) is 13.2 Å². The molecule has 18 heavy (non-hydrogen) atoms. The Kier molecular flexibility index (Phi) is 5.15. The van der Waals surface area contributed by atoms with Crippen LogP contribution in [0, 0.1) is 0 Å². The van der Waals surface area contributed by atoms with Crippen molar-refractivity contribution in [3.8, 4) is 0 Å². The van der Waals surface area contributed by atoms with Gasteiger partial charge in [0, 0.05) is 13.0 Å². The molecule has 1 rings (SSSR count). The van der Waals surface area contributed by atoms with Gasteiger partial charge in [-0.15, -0.1) is 0 Å². The summed E-state index contributed by atoms with van der Waals surface area (Å²) in [4.78, 5) is 10.5. The fourth-order valence-electron chi connectivity index (χ4n) is 1.48. The Balaban J connectivity index is 2.41. The molecular weight excluding hydrogens is 245 g/mol. The highest BCUT2D eigenvalue weighted by Gasteiger charge is 2.30. The summed E-state index contributed by atoms with van der Waals surface area (Å²) in [6.45, 7) is 0.877. The van der Waals surface area contributed by atoms with Gasteiger partial charge in [0.25, 0.3) is 0 Å². The SMILES string of the molecule is NC(=O)CCCNCc1cccc(C(F)(F)F)c1. The van der Waals surface area contributed by atoms with Crippen LogP contribution in [0.1, 0.15) is 24.0 Å². The van der Waals surface area contributed by atoms with Gasteiger partial charge in [-0.2, -0.15) is 13.2 Å². The molecule has 0 bridgehead atoms. The van der Waals surface area contributed by atoms with Gasteiger partial charge in [-0.25, -0.2) is 0 Å². The second kappa shape index (κ2) is 6.39. The topological polar surface area (TPSA) is 55.1 Å². The van der Waals surface area contributed by atoms with Crippen LogP contribution >= 0.6 is 0 Å². The lowest BCUT2D eigenvalue weighted by molar-refractivity contribution is -0.137. The minimum atomic E-state index is -4.32. The molecule has 1 aromatic rings. The minimum Gasteiger partial charge on any atom is -0.370 e. The number of hydrogen-bond acceptors (Lipinski definition) is 2. The summed E-state index contributed by atoms with van der Waals surface area (Å²) in [5.41, 5.74) is 4.87. The van der Waals surface area contributed by atoms with Crippen molar-refractivity contribution < 1.29 is 18.0 Å². The van der Waals surface area contributed by atoms with E-state index < -0.39 is 11.7 Å². The number of carbonyl (C=O) groups is 1. The number of alkyl halides is 3. The first-order valence-corrected chi connectivity index (χ1v) is 5.55. The molecule has 0 radical (unpaired) electrons. The molecule has 0 aliphatic rings. The summed E-state index contributed by atoms with van der Waals surface area (Å²) in [6, 6.07) is 5.15. The Morgan fingerprint density at radius 3 is 2.67 bits per heavy atom. The van der Waals surface area contributed by atoms with Crippen LogP contribution in [0.25, 0.3) is 0 Å². The van der Waals surface area contributed by atoms with Crippen LogP contribution in [0.15, 0.2) is 24.3 Å². The van der Waals surface area contributed by atoms with Crippen LogP contribution in [-0.2, 0) is 17.5 Å². The molecule has 1 aromatic carbocycles. The second-order valence-electron chi connectivity index (χ2n) is 3.94. The zero-order chi connectivity index (χ0) is 13.6. The van der Waals surface area contributed by atoms with Gasteiger partial charge in [0.05, 0.1) is 5.56 Å². The van der Waals surface area contributed by atoms with E-state index in [-0.39, 0.29) is 12.3 Å². The third kappa shape index (κ3) is 5.18. The standard InChI is InChI=1S/C12H15F3N2O/c13-12(14,15)10-4-1-3-9(7-10)8-17-6-2-5-11(16)18/h1,3-4,7,17H,2,5-6,8H2,(H2,16,18). The van der Waals surface area contributed by atoms with Crippen LogP contribution in [0.5, 0.6) is 0 Å². The van der Waals surface area contributed by atoms with Gasteiger partial charge in [-0.1, -0.05) is 18.2 Å². The van der Waals surface area contributed by atoms with Crippen molar-refractivity contribution in [3.63, 3.8) is 0 Å². The number of primary amides is 1. The number of halogens is 3. The molecule has 6 heteroatoms. The highest BCUT2D eigenvalue weighted by atomic mass is 19.4. The molecule has 0 spiro atoms. The monoisotopic (exact) mass is 260 g/mol. The Morgan fingerprint density at radius 1 is 1.33 bits per heavy atom. The van der Waals surface area contributed by atoms with Gasteiger partial charge < -0.3 is 11.1 Å². The Bertz CT molecular complexity index is 405. The normalized spacial score (nSPS) is 11.5. The molecule has 100 valence electrons. The average Bonchev–Trinajstić information content (AvgIpc) is 2.27. The number of amides is 1. The van der Waals surface area contributed by atoms with Crippen molar-refractivity contribution >= 4 is 5.91 Å². The number of rotatable bonds is 6. The van der Waals surface area contributed by atoms with E-state index in [1.807, 2.05) is 0 Å². The fraction of sp³-hybridized carbons (Fsp3) is 0.417. The smallest absolute Gasteiger partial charge is 0.370 e. The fourth-order valence-corrected chi connectivity index (χ4v) is 1.48. The molecule has 3 nitrogen and oxygen atoms in total. The van der Waals surface area contributed by atoms with E-state index in [9.17, 15) is 18.0 Å². The molecule has 0 saturated carbocycles. The van der Waals surface area contributed by atoms with Crippen LogP contribution in [0.3, 0.4) is 0 Å². The third-order valence-corrected chi connectivity index (χ3v) is 2.36. The number of carbonyl (C=O) groups excluding carboxylic acids is 1. The number of nitrogens with one attached hydrogen (secondary N) is 1. The molecule has 0 aliphatic carbocycles. The van der Waals surface area contributed by atoms with E-state index in [1.54, 1.807) is 6.07 Å². The van der Waals surface area contributed by atoms with E-state index in [1.165, 1.54) is 6.07 Å². The van der Waals surface area contributed by atoms with E-state index in [4.69, 9.17) is 5.73 Å². The quantitative estimate of drug-likeness (QED) is 0.769. The first kappa shape index (κ1) is 14.5. The van der Waals surface area contributed by atoms with Crippen molar-refractivity contribution in [1.29, 1.82) is 0 Å². The first-order valence-electron chi connectivity index (χ1n) is 5.55. The zero-order valence-corrected chi connectivity index (χ0v) is 9.76. The van der Waals surface area contributed by atoms with E-state index in [2.05, 4.69) is 5.32 Å². The van der Waals surface area contributed by atoms with Crippen molar-refractivity contribution in [2.45, 2.75) is 25.6 Å². The van der Waals surface area contributed by atoms with Gasteiger partial charge >= 0.3 is 6.18 Å². The summed E-state index contributed by atoms with van der Waals surface area (Å²) in [6.07, 6.45) is -3.47. The molecule has 0 heterocycles. The summed E-state index contributed by atoms with van der Waals surface area (Å²) in [5.74, 6) is -0.379. The first-order chi connectivity index (χ1) is 8.39. The molecule has 0 aliphatic heterocycles. The number of nitrogens with two attached hydrogens (primary N) is 1. The zero-order valence-electron chi connectivity index (χ0n) is 9.76. The van der Waals surface area contributed by atoms with Gasteiger partial charge in [-0.3, -0.25) is 4.79 Å². The van der Waals surface area contributed by atoms with Crippen molar-refractivity contribution in [1.82, 2.24) is 5.32 Å². The second-order valence-corrected chi connectivity index (χ2v) is 3.94. The molecule has 0 atom stereocenters. The molecule has 0 fully saturated rings. The lowest BCUT2D eigenvalue weighted by Crippen LogP contribution is -2.18. The van der Waals surface area contributed by atoms with Gasteiger partial charge in [0.15, 0.2) is 0 Å². The average molecular weight is 260 g/mol. The van der Waals surface area contributed by atoms with Crippen molar-refractivity contribution in [3.05, 3.63) is 35.4 Å². The summed E-state index contributed by atoms with van der Waals surface area (Å²) < 4.78 is 37.3. The minimum absolute atomic E-state index is 0.273. The lowest BCUT2D eigenvalue weighted by Gasteiger charge is -2.09. The van der Waals surface area contributed by atoms with E-state index in [0.29, 0.717) is 25.1 Å². The highest BCUT2D eigenvalue weighted by molar-refractivity contribution is 5.73. The number of benzene rings is 1. The summed E-state index contributed by atoms with van der Waals surface area (Å²) >= 11 is 0.